The van der Waals surface area contributed by atoms with Crippen LogP contribution in [0.3, 0.4) is 0 Å². The normalized spacial score (nSPS) is 12.6. The van der Waals surface area contributed by atoms with Crippen molar-refractivity contribution in [2.75, 3.05) is 13.2 Å². The van der Waals surface area contributed by atoms with Gasteiger partial charge in [0.05, 0.1) is 12.8 Å². The molecule has 1 amide bonds. The van der Waals surface area contributed by atoms with Gasteiger partial charge in [-0.15, -0.1) is 10.2 Å². The maximum Gasteiger partial charge on any atom is 0.271 e. The molecule has 2 heterocycles. The number of tetrazole rings is 1. The zero-order valence-electron chi connectivity index (χ0n) is 17.6. The fraction of sp³-hybridized carbons (Fsp3) is 0.125. The lowest BCUT2D eigenvalue weighted by atomic mass is 10.1. The van der Waals surface area contributed by atoms with Gasteiger partial charge in [-0.3, -0.25) is 4.79 Å². The number of nitrogens with one attached hydrogen (secondary N) is 1. The molecule has 4 aromatic rings. The number of carbonyl (C=O) groups excluding carboxylic acids is 1. The van der Waals surface area contributed by atoms with Crippen molar-refractivity contribution in [1.29, 1.82) is 0 Å². The molecule has 9 heteroatoms. The molecule has 164 valence electrons. The molecule has 0 bridgehead atoms. The maximum absolute atomic E-state index is 12.4. The van der Waals surface area contributed by atoms with E-state index in [4.69, 9.17) is 9.47 Å². The van der Waals surface area contributed by atoms with Gasteiger partial charge in [0.2, 0.25) is 5.82 Å². The summed E-state index contributed by atoms with van der Waals surface area (Å²) >= 11 is 0. The zero-order valence-corrected chi connectivity index (χ0v) is 17.6. The topological polar surface area (TPSA) is 104 Å². The molecule has 0 atom stereocenters. The van der Waals surface area contributed by atoms with Crippen molar-refractivity contribution in [3.8, 4) is 22.9 Å². The van der Waals surface area contributed by atoms with E-state index in [9.17, 15) is 4.79 Å². The molecular weight excluding hydrogens is 420 g/mol. The van der Waals surface area contributed by atoms with Crippen LogP contribution in [0, 0.1) is 0 Å². The van der Waals surface area contributed by atoms with Crippen LogP contribution in [0.25, 0.3) is 11.4 Å². The van der Waals surface area contributed by atoms with Crippen molar-refractivity contribution in [2.45, 2.75) is 6.54 Å². The highest BCUT2D eigenvalue weighted by Gasteiger charge is 2.11. The molecule has 1 aliphatic rings. The minimum absolute atomic E-state index is 0.305. The highest BCUT2D eigenvalue weighted by Crippen LogP contribution is 2.30. The van der Waals surface area contributed by atoms with Gasteiger partial charge < -0.3 is 9.47 Å². The number of ether oxygens (including phenoxy) is 2. The second-order valence-electron chi connectivity index (χ2n) is 7.31. The van der Waals surface area contributed by atoms with Crippen LogP contribution in [0.5, 0.6) is 11.5 Å². The number of hydrogen-bond donors (Lipinski definition) is 1. The summed E-state index contributed by atoms with van der Waals surface area (Å²) in [5.74, 6) is 1.65. The first-order valence-corrected chi connectivity index (χ1v) is 10.4. The van der Waals surface area contributed by atoms with E-state index in [0.29, 0.717) is 42.6 Å². The minimum Gasteiger partial charge on any atom is -0.486 e. The van der Waals surface area contributed by atoms with Gasteiger partial charge in [0.25, 0.3) is 5.91 Å². The lowest BCUT2D eigenvalue weighted by Crippen LogP contribution is -2.18. The summed E-state index contributed by atoms with van der Waals surface area (Å²) in [7, 11) is 0. The Morgan fingerprint density at radius 3 is 2.61 bits per heavy atom. The second-order valence-corrected chi connectivity index (χ2v) is 7.31. The van der Waals surface area contributed by atoms with Crippen LogP contribution in [0.2, 0.25) is 0 Å². The van der Waals surface area contributed by atoms with E-state index < -0.39 is 0 Å². The first kappa shape index (κ1) is 20.4. The quantitative estimate of drug-likeness (QED) is 0.365. The third-order valence-electron chi connectivity index (χ3n) is 4.97. The minimum atomic E-state index is -0.305. The molecule has 3 aromatic carbocycles. The second kappa shape index (κ2) is 9.31. The Kier molecular flexibility index (Phi) is 5.75. The van der Waals surface area contributed by atoms with Crippen LogP contribution in [0.15, 0.2) is 77.9 Å². The average Bonchev–Trinajstić information content (AvgIpc) is 3.33. The molecule has 0 radical (unpaired) electrons. The summed E-state index contributed by atoms with van der Waals surface area (Å²) in [6, 6.07) is 22.3. The molecule has 1 N–H and O–H groups in total. The molecular formula is C24H20N6O3. The Morgan fingerprint density at radius 1 is 1.00 bits per heavy atom. The van der Waals surface area contributed by atoms with Crippen LogP contribution < -0.4 is 14.9 Å². The van der Waals surface area contributed by atoms with Gasteiger partial charge in [-0.1, -0.05) is 42.5 Å². The van der Waals surface area contributed by atoms with E-state index in [1.807, 2.05) is 60.7 Å². The van der Waals surface area contributed by atoms with Crippen molar-refractivity contribution in [3.05, 3.63) is 89.5 Å². The van der Waals surface area contributed by atoms with Crippen molar-refractivity contribution in [2.24, 2.45) is 5.10 Å². The van der Waals surface area contributed by atoms with E-state index in [-0.39, 0.29) is 5.91 Å². The Bertz CT molecular complexity index is 1290. The number of nitrogens with zero attached hydrogens (tertiary/aromatic N) is 5. The van der Waals surface area contributed by atoms with E-state index in [2.05, 4.69) is 25.9 Å². The number of hydrogen-bond acceptors (Lipinski definition) is 7. The molecule has 9 nitrogen and oxygen atoms in total. The van der Waals surface area contributed by atoms with Crippen LogP contribution in [-0.2, 0) is 6.54 Å². The molecule has 33 heavy (non-hydrogen) atoms. The van der Waals surface area contributed by atoms with Crippen LogP contribution in [-0.4, -0.2) is 45.5 Å². The third kappa shape index (κ3) is 4.87. The number of rotatable bonds is 6. The van der Waals surface area contributed by atoms with Gasteiger partial charge >= 0.3 is 0 Å². The predicted octanol–water partition coefficient (Wildman–Crippen LogP) is 2.92. The molecule has 1 aromatic heterocycles. The summed E-state index contributed by atoms with van der Waals surface area (Å²) in [6.45, 7) is 1.50. The standard InChI is InChI=1S/C24H20N6O3/c31-24(27-25-15-18-8-11-21-22(14-18)33-13-12-32-21)20-9-6-17(7-10-20)16-30-28-23(26-29-30)19-4-2-1-3-5-19/h1-11,14-15H,12-13,16H2,(H,27,31)/b25-15-. The number of amides is 1. The Balaban J connectivity index is 1.18. The first-order chi connectivity index (χ1) is 16.2. The fourth-order valence-corrected chi connectivity index (χ4v) is 3.31. The van der Waals surface area contributed by atoms with Crippen molar-refractivity contribution < 1.29 is 14.3 Å². The predicted molar refractivity (Wildman–Crippen MR) is 121 cm³/mol. The number of hydrazone groups is 1. The molecule has 5 rings (SSSR count). The molecule has 0 aliphatic carbocycles. The van der Waals surface area contributed by atoms with Gasteiger partial charge in [-0.2, -0.15) is 9.90 Å². The van der Waals surface area contributed by atoms with Crippen molar-refractivity contribution in [3.63, 3.8) is 0 Å². The number of fused-ring (bicyclic) bond motifs is 1. The zero-order chi connectivity index (χ0) is 22.5. The van der Waals surface area contributed by atoms with Crippen molar-refractivity contribution in [1.82, 2.24) is 25.6 Å². The van der Waals surface area contributed by atoms with Gasteiger partial charge in [0.15, 0.2) is 11.5 Å². The molecule has 0 saturated carbocycles. The van der Waals surface area contributed by atoms with Crippen LogP contribution in [0.1, 0.15) is 21.5 Å². The summed E-state index contributed by atoms with van der Waals surface area (Å²) < 4.78 is 11.0. The molecule has 0 saturated heterocycles. The molecule has 0 spiro atoms. The van der Waals surface area contributed by atoms with Crippen LogP contribution in [0.4, 0.5) is 0 Å². The number of benzene rings is 3. The lowest BCUT2D eigenvalue weighted by molar-refractivity contribution is 0.0955. The Hall–Kier alpha value is -4.53. The van der Waals surface area contributed by atoms with E-state index in [1.165, 1.54) is 4.80 Å². The summed E-state index contributed by atoms with van der Waals surface area (Å²) in [5, 5.41) is 16.6. The smallest absolute Gasteiger partial charge is 0.271 e. The Morgan fingerprint density at radius 2 is 1.79 bits per heavy atom. The highest BCUT2D eigenvalue weighted by molar-refractivity contribution is 5.95. The van der Waals surface area contributed by atoms with E-state index in [1.54, 1.807) is 18.3 Å². The van der Waals surface area contributed by atoms with Gasteiger partial charge in [-0.25, -0.2) is 5.43 Å². The first-order valence-electron chi connectivity index (χ1n) is 10.4. The SMILES string of the molecule is O=C(N/N=C\c1ccc2c(c1)OCCO2)c1ccc(Cn2nnc(-c3ccccc3)n2)cc1. The average molecular weight is 440 g/mol. The summed E-state index contributed by atoms with van der Waals surface area (Å²) in [4.78, 5) is 13.9. The van der Waals surface area contributed by atoms with Gasteiger partial charge in [0, 0.05) is 11.1 Å². The number of aromatic nitrogens is 4. The Labute approximate surface area is 189 Å². The summed E-state index contributed by atoms with van der Waals surface area (Å²) in [6.07, 6.45) is 1.56. The lowest BCUT2D eigenvalue weighted by Gasteiger charge is -2.18. The van der Waals surface area contributed by atoms with Gasteiger partial charge in [-0.05, 0) is 46.7 Å². The van der Waals surface area contributed by atoms with Gasteiger partial charge in [0.1, 0.15) is 13.2 Å². The molecule has 0 unspecified atom stereocenters. The summed E-state index contributed by atoms with van der Waals surface area (Å²) in [5.41, 5.74) is 5.69. The number of carbonyl (C=O) groups is 1. The fourth-order valence-electron chi connectivity index (χ4n) is 3.31. The maximum atomic E-state index is 12.4. The third-order valence-corrected chi connectivity index (χ3v) is 4.97. The van der Waals surface area contributed by atoms with Crippen molar-refractivity contribution >= 4 is 12.1 Å². The van der Waals surface area contributed by atoms with E-state index >= 15 is 0 Å². The largest absolute Gasteiger partial charge is 0.486 e. The van der Waals surface area contributed by atoms with Crippen LogP contribution >= 0.6 is 0 Å². The highest BCUT2D eigenvalue weighted by atomic mass is 16.6. The van der Waals surface area contributed by atoms with E-state index in [0.717, 1.165) is 16.7 Å². The molecule has 1 aliphatic heterocycles. The molecule has 0 fully saturated rings. The monoisotopic (exact) mass is 440 g/mol.